The largest absolute Gasteiger partial charge is 0.479 e. The summed E-state index contributed by atoms with van der Waals surface area (Å²) in [5, 5.41) is 39.9. The minimum Gasteiger partial charge on any atom is -0.479 e. The second-order valence-electron chi connectivity index (χ2n) is 11.5. The smallest absolute Gasteiger partial charge is 0.335 e. The Balaban J connectivity index is 1.34. The molecule has 1 aliphatic heterocycles. The topological polar surface area (TPSA) is 134 Å². The summed E-state index contributed by atoms with van der Waals surface area (Å²) in [7, 11) is 0. The second kappa shape index (κ2) is 8.12. The van der Waals surface area contributed by atoms with Crippen molar-refractivity contribution in [3.8, 4) is 0 Å². The summed E-state index contributed by atoms with van der Waals surface area (Å²) < 4.78 is 11.6. The zero-order chi connectivity index (χ0) is 23.7. The van der Waals surface area contributed by atoms with Gasteiger partial charge in [-0.15, -0.1) is 0 Å². The highest BCUT2D eigenvalue weighted by molar-refractivity contribution is 5.91. The molecule has 4 fully saturated rings. The van der Waals surface area contributed by atoms with Gasteiger partial charge in [-0.1, -0.05) is 19.4 Å². The Morgan fingerprint density at radius 2 is 1.76 bits per heavy atom. The van der Waals surface area contributed by atoms with Crippen molar-refractivity contribution in [3.05, 3.63) is 11.6 Å². The number of hydrogen-bond acceptors (Lipinski definition) is 7. The summed E-state index contributed by atoms with van der Waals surface area (Å²) in [6, 6.07) is 0. The number of hydrogen-bond donors (Lipinski definition) is 4. The molecule has 0 radical (unpaired) electrons. The first kappa shape index (κ1) is 23.4. The van der Waals surface area contributed by atoms with Gasteiger partial charge in [-0.25, -0.2) is 4.79 Å². The molecule has 5 rings (SSSR count). The van der Waals surface area contributed by atoms with Crippen LogP contribution >= 0.6 is 0 Å². The second-order valence-corrected chi connectivity index (χ2v) is 11.5. The molecular weight excluding hydrogens is 428 g/mol. The molecule has 184 valence electrons. The lowest BCUT2D eigenvalue weighted by Crippen LogP contribution is -2.61. The summed E-state index contributed by atoms with van der Waals surface area (Å²) in [4.78, 5) is 23.5. The maximum Gasteiger partial charge on any atom is 0.335 e. The van der Waals surface area contributed by atoms with Gasteiger partial charge in [0.05, 0.1) is 6.10 Å². The molecule has 0 aromatic rings. The number of carboxylic acid groups (broad SMARTS) is 1. The van der Waals surface area contributed by atoms with Gasteiger partial charge in [0.1, 0.15) is 18.3 Å². The van der Waals surface area contributed by atoms with E-state index < -0.39 is 36.7 Å². The minimum atomic E-state index is -1.72. The van der Waals surface area contributed by atoms with Gasteiger partial charge < -0.3 is 29.9 Å². The number of allylic oxidation sites excluding steroid dienone is 1. The van der Waals surface area contributed by atoms with E-state index in [0.29, 0.717) is 24.2 Å². The van der Waals surface area contributed by atoms with Gasteiger partial charge in [0.25, 0.3) is 0 Å². The molecule has 8 heteroatoms. The van der Waals surface area contributed by atoms with Crippen molar-refractivity contribution in [2.45, 2.75) is 102 Å². The van der Waals surface area contributed by atoms with E-state index >= 15 is 0 Å². The van der Waals surface area contributed by atoms with Crippen molar-refractivity contribution < 1.29 is 39.5 Å². The third-order valence-corrected chi connectivity index (χ3v) is 9.99. The van der Waals surface area contributed by atoms with Crippen LogP contribution in [0, 0.1) is 28.6 Å². The summed E-state index contributed by atoms with van der Waals surface area (Å²) in [6.07, 6.45) is 1.24. The Morgan fingerprint density at radius 1 is 1.00 bits per heavy atom. The summed E-state index contributed by atoms with van der Waals surface area (Å²) in [6.45, 7) is 4.58. The highest BCUT2D eigenvalue weighted by Gasteiger charge is 2.60. The molecule has 1 heterocycles. The molecule has 0 unspecified atom stereocenters. The molecule has 5 aliphatic rings. The third-order valence-electron chi connectivity index (χ3n) is 9.99. The van der Waals surface area contributed by atoms with Gasteiger partial charge >= 0.3 is 5.97 Å². The van der Waals surface area contributed by atoms with Gasteiger partial charge in [0, 0.05) is 6.42 Å². The lowest BCUT2D eigenvalue weighted by molar-refractivity contribution is -0.312. The van der Waals surface area contributed by atoms with Crippen molar-refractivity contribution >= 4 is 11.8 Å². The molecule has 0 amide bonds. The number of aliphatic hydroxyl groups excluding tert-OH is 3. The molecule has 11 atom stereocenters. The van der Waals surface area contributed by atoms with E-state index in [1.807, 2.05) is 6.08 Å². The van der Waals surface area contributed by atoms with E-state index in [9.17, 15) is 30.0 Å². The normalized spacial score (nSPS) is 51.8. The molecule has 33 heavy (non-hydrogen) atoms. The number of fused-ring (bicyclic) bond motifs is 5. The van der Waals surface area contributed by atoms with Gasteiger partial charge in [-0.3, -0.25) is 4.79 Å². The van der Waals surface area contributed by atoms with Gasteiger partial charge in [0.15, 0.2) is 18.2 Å². The highest BCUT2D eigenvalue weighted by Crippen LogP contribution is 2.65. The third kappa shape index (κ3) is 3.52. The van der Waals surface area contributed by atoms with E-state index in [0.717, 1.165) is 44.9 Å². The van der Waals surface area contributed by atoms with Crippen molar-refractivity contribution in [2.75, 3.05) is 0 Å². The van der Waals surface area contributed by atoms with Crippen LogP contribution in [0.1, 0.15) is 65.2 Å². The van der Waals surface area contributed by atoms with Crippen LogP contribution in [0.3, 0.4) is 0 Å². The van der Waals surface area contributed by atoms with E-state index in [4.69, 9.17) is 9.47 Å². The van der Waals surface area contributed by atoms with E-state index in [1.54, 1.807) is 0 Å². The van der Waals surface area contributed by atoms with Crippen LogP contribution in [-0.2, 0) is 19.1 Å². The van der Waals surface area contributed by atoms with Crippen LogP contribution in [0.5, 0.6) is 0 Å². The molecule has 0 aromatic heterocycles. The molecule has 3 saturated carbocycles. The van der Waals surface area contributed by atoms with Crippen LogP contribution in [0.2, 0.25) is 0 Å². The van der Waals surface area contributed by atoms with E-state index in [-0.39, 0.29) is 22.7 Å². The fraction of sp³-hybridized carbons (Fsp3) is 0.840. The molecular formula is C25H36O8. The number of ketones is 1. The number of carboxylic acids is 1. The summed E-state index contributed by atoms with van der Waals surface area (Å²) in [5.41, 5.74) is 1.29. The first-order chi connectivity index (χ1) is 15.6. The van der Waals surface area contributed by atoms with Crippen molar-refractivity contribution in [3.63, 3.8) is 0 Å². The average molecular weight is 465 g/mol. The van der Waals surface area contributed by atoms with Crippen molar-refractivity contribution in [1.82, 2.24) is 0 Å². The van der Waals surface area contributed by atoms with Gasteiger partial charge in [0.2, 0.25) is 0 Å². The van der Waals surface area contributed by atoms with Crippen LogP contribution in [0.15, 0.2) is 11.6 Å². The highest BCUT2D eigenvalue weighted by atomic mass is 16.7. The quantitative estimate of drug-likeness (QED) is 0.497. The van der Waals surface area contributed by atoms with Crippen molar-refractivity contribution in [1.29, 1.82) is 0 Å². The number of rotatable bonds is 3. The summed E-state index contributed by atoms with van der Waals surface area (Å²) >= 11 is 0. The maximum atomic E-state index is 12.0. The Hall–Kier alpha value is -1.32. The van der Waals surface area contributed by atoms with Gasteiger partial charge in [-0.2, -0.15) is 0 Å². The number of carbonyl (C=O) groups excluding carboxylic acids is 1. The lowest BCUT2D eigenvalue weighted by Gasteiger charge is -2.58. The van der Waals surface area contributed by atoms with Crippen LogP contribution in [-0.4, -0.2) is 69.0 Å². The minimum absolute atomic E-state index is 0.0920. The fourth-order valence-corrected chi connectivity index (χ4v) is 8.06. The van der Waals surface area contributed by atoms with Crippen LogP contribution < -0.4 is 0 Å². The standard InChI is InChI=1S/C25H36O8/c1-24-9-7-13(26)11-12(24)3-4-14-15-5-6-17(25(15,2)10-8-16(14)24)32-23-20(29)18(27)19(28)21(33-23)22(30)31/h11,14-21,23,27-29H,3-10H2,1-2H3,(H,30,31)/t14-,15-,16-,17-,18-,19-,20+,21-,23+,24-,25-/m1/s1. The zero-order valence-corrected chi connectivity index (χ0v) is 19.4. The molecule has 8 nitrogen and oxygen atoms in total. The number of ether oxygens (including phenoxy) is 2. The molecule has 4 aliphatic carbocycles. The molecule has 1 saturated heterocycles. The number of aliphatic carboxylic acids is 1. The zero-order valence-electron chi connectivity index (χ0n) is 19.4. The Bertz CT molecular complexity index is 855. The van der Waals surface area contributed by atoms with Crippen molar-refractivity contribution in [2.24, 2.45) is 28.6 Å². The van der Waals surface area contributed by atoms with Crippen LogP contribution in [0.4, 0.5) is 0 Å². The molecule has 0 spiro atoms. The van der Waals surface area contributed by atoms with E-state index in [1.165, 1.54) is 5.57 Å². The van der Waals surface area contributed by atoms with Crippen LogP contribution in [0.25, 0.3) is 0 Å². The van der Waals surface area contributed by atoms with Gasteiger partial charge in [-0.05, 0) is 79.6 Å². The number of carbonyl (C=O) groups is 2. The molecule has 4 N–H and O–H groups in total. The fourth-order valence-electron chi connectivity index (χ4n) is 8.06. The Labute approximate surface area is 194 Å². The molecule has 0 aromatic carbocycles. The van der Waals surface area contributed by atoms with E-state index in [2.05, 4.69) is 13.8 Å². The molecule has 0 bridgehead atoms. The lowest BCUT2D eigenvalue weighted by atomic mass is 9.47. The SMILES string of the molecule is C[C@@]12CC[C@@H]3[C@H](CCC4=CC(=O)CC[C@]43C)[C@H]1CC[C@H]2O[C@H]1O[C@@H](C(=O)O)[C@H](O)[C@@H](O)[C@@H]1O. The first-order valence-corrected chi connectivity index (χ1v) is 12.4. The maximum absolute atomic E-state index is 12.0. The Morgan fingerprint density at radius 3 is 2.48 bits per heavy atom. The monoisotopic (exact) mass is 464 g/mol. The number of aliphatic hydroxyl groups is 3. The predicted octanol–water partition coefficient (Wildman–Crippen LogP) is 1.80. The first-order valence-electron chi connectivity index (χ1n) is 12.4. The Kier molecular flexibility index (Phi) is 5.77. The average Bonchev–Trinajstić information content (AvgIpc) is 3.10. The predicted molar refractivity (Wildman–Crippen MR) is 116 cm³/mol. The summed E-state index contributed by atoms with van der Waals surface area (Å²) in [5.74, 6) is 0.400.